The van der Waals surface area contributed by atoms with Crippen molar-refractivity contribution in [2.45, 2.75) is 43.9 Å². The number of aliphatic hydroxyl groups excluding tert-OH is 1. The summed E-state index contributed by atoms with van der Waals surface area (Å²) in [6.45, 7) is 6.34. The molecular weight excluding hydrogens is 406 g/mol. The van der Waals surface area contributed by atoms with E-state index in [0.717, 1.165) is 13.1 Å². The lowest BCUT2D eigenvalue weighted by atomic mass is 9.71. The van der Waals surface area contributed by atoms with E-state index in [-0.39, 0.29) is 31.6 Å². The second-order valence-corrected chi connectivity index (χ2v) is 8.66. The second kappa shape index (κ2) is 9.40. The Bertz CT molecular complexity index is 698. The Kier molecular flexibility index (Phi) is 6.80. The van der Waals surface area contributed by atoms with E-state index in [1.807, 2.05) is 0 Å². The van der Waals surface area contributed by atoms with Gasteiger partial charge in [0, 0.05) is 39.3 Å². The Balaban J connectivity index is 1.51. The van der Waals surface area contributed by atoms with Crippen LogP contribution in [0, 0.1) is 11.8 Å². The van der Waals surface area contributed by atoms with Crippen LogP contribution in [-0.4, -0.2) is 110 Å². The molecule has 31 heavy (non-hydrogen) atoms. The molecule has 10 nitrogen and oxygen atoms in total. The van der Waals surface area contributed by atoms with Crippen LogP contribution in [-0.2, 0) is 28.6 Å². The van der Waals surface area contributed by atoms with Crippen molar-refractivity contribution in [3.63, 3.8) is 0 Å². The molecule has 2 bridgehead atoms. The SMILES string of the molecule is CCOC(=O)[C@@H]1[C@@H]2CCC3(O2)C(C(=O)NCCN2CCOCC2)N(CCCO)C(=O)[C@H]13. The molecule has 2 unspecified atom stereocenters. The van der Waals surface area contributed by atoms with Crippen LogP contribution in [0.4, 0.5) is 0 Å². The largest absolute Gasteiger partial charge is 0.466 e. The van der Waals surface area contributed by atoms with E-state index in [1.165, 1.54) is 4.90 Å². The fourth-order valence-corrected chi connectivity index (χ4v) is 5.70. The molecule has 0 aromatic heterocycles. The number of likely N-dealkylation sites (tertiary alicyclic amines) is 1. The van der Waals surface area contributed by atoms with Gasteiger partial charge in [-0.2, -0.15) is 0 Å². The van der Waals surface area contributed by atoms with Gasteiger partial charge >= 0.3 is 5.97 Å². The Hall–Kier alpha value is -1.75. The number of nitrogens with one attached hydrogen (secondary N) is 1. The average Bonchev–Trinajstić information content (AvgIpc) is 3.40. The summed E-state index contributed by atoms with van der Waals surface area (Å²) in [6.07, 6.45) is 1.15. The minimum Gasteiger partial charge on any atom is -0.466 e. The molecule has 0 radical (unpaired) electrons. The van der Waals surface area contributed by atoms with Gasteiger partial charge in [0.1, 0.15) is 11.6 Å². The molecule has 4 heterocycles. The van der Waals surface area contributed by atoms with Crippen LogP contribution in [0.25, 0.3) is 0 Å². The standard InChI is InChI=1S/C21H33N3O7/c1-2-30-20(28)15-14-4-5-21(31-14)16(15)19(27)24(7-3-11-25)17(21)18(26)22-6-8-23-9-12-29-13-10-23/h14-17,25H,2-13H2,1H3,(H,22,26)/t14-,15+,16-,17?,21?/m0/s1. The number of carbonyl (C=O) groups excluding carboxylic acids is 3. The third-order valence-corrected chi connectivity index (χ3v) is 7.00. The Labute approximate surface area is 182 Å². The monoisotopic (exact) mass is 439 g/mol. The summed E-state index contributed by atoms with van der Waals surface area (Å²) in [5.41, 5.74) is -1.00. The molecule has 10 heteroatoms. The molecule has 4 aliphatic rings. The number of esters is 1. The lowest BCUT2D eigenvalue weighted by molar-refractivity contribution is -0.154. The van der Waals surface area contributed by atoms with Gasteiger partial charge in [0.25, 0.3) is 0 Å². The van der Waals surface area contributed by atoms with Crippen molar-refractivity contribution < 1.29 is 33.7 Å². The van der Waals surface area contributed by atoms with Crippen molar-refractivity contribution in [3.05, 3.63) is 0 Å². The number of ether oxygens (including phenoxy) is 3. The van der Waals surface area contributed by atoms with Gasteiger partial charge < -0.3 is 29.5 Å². The first-order valence-electron chi connectivity index (χ1n) is 11.4. The zero-order valence-electron chi connectivity index (χ0n) is 18.1. The molecular formula is C21H33N3O7. The minimum atomic E-state index is -1.00. The first kappa shape index (κ1) is 22.4. The molecule has 174 valence electrons. The number of fused-ring (bicyclic) bond motifs is 1. The molecule has 4 fully saturated rings. The molecule has 4 aliphatic heterocycles. The van der Waals surface area contributed by atoms with E-state index in [4.69, 9.17) is 14.2 Å². The molecule has 0 aromatic carbocycles. The number of nitrogens with zero attached hydrogens (tertiary/aromatic N) is 2. The predicted octanol–water partition coefficient (Wildman–Crippen LogP) is -1.25. The molecule has 0 aliphatic carbocycles. The van der Waals surface area contributed by atoms with Crippen LogP contribution in [0.1, 0.15) is 26.2 Å². The minimum absolute atomic E-state index is 0.0857. The van der Waals surface area contributed by atoms with E-state index in [0.29, 0.717) is 45.6 Å². The van der Waals surface area contributed by atoms with Crippen molar-refractivity contribution in [2.24, 2.45) is 11.8 Å². The topological polar surface area (TPSA) is 118 Å². The number of aliphatic hydroxyl groups is 1. The highest BCUT2D eigenvalue weighted by molar-refractivity contribution is 5.98. The summed E-state index contributed by atoms with van der Waals surface area (Å²) in [5.74, 6) is -2.32. The van der Waals surface area contributed by atoms with Gasteiger partial charge in [-0.15, -0.1) is 0 Å². The zero-order chi connectivity index (χ0) is 22.0. The van der Waals surface area contributed by atoms with E-state index in [1.54, 1.807) is 6.92 Å². The van der Waals surface area contributed by atoms with Gasteiger partial charge in [-0.3, -0.25) is 19.3 Å². The molecule has 0 saturated carbocycles. The van der Waals surface area contributed by atoms with Gasteiger partial charge in [-0.25, -0.2) is 0 Å². The maximum atomic E-state index is 13.4. The van der Waals surface area contributed by atoms with Crippen molar-refractivity contribution >= 4 is 17.8 Å². The quantitative estimate of drug-likeness (QED) is 0.428. The van der Waals surface area contributed by atoms with Crippen molar-refractivity contribution in [1.82, 2.24) is 15.1 Å². The molecule has 2 N–H and O–H groups in total. The number of amides is 2. The van der Waals surface area contributed by atoms with Gasteiger partial charge in [-0.1, -0.05) is 0 Å². The van der Waals surface area contributed by atoms with Crippen LogP contribution < -0.4 is 5.32 Å². The fourth-order valence-electron chi connectivity index (χ4n) is 5.70. The van der Waals surface area contributed by atoms with Crippen molar-refractivity contribution in [1.29, 1.82) is 0 Å². The summed E-state index contributed by atoms with van der Waals surface area (Å²) >= 11 is 0. The summed E-state index contributed by atoms with van der Waals surface area (Å²) in [5, 5.41) is 12.3. The zero-order valence-corrected chi connectivity index (χ0v) is 18.1. The van der Waals surface area contributed by atoms with E-state index >= 15 is 0 Å². The fraction of sp³-hybridized carbons (Fsp3) is 0.857. The van der Waals surface area contributed by atoms with Crippen molar-refractivity contribution in [3.8, 4) is 0 Å². The number of hydrogen-bond acceptors (Lipinski definition) is 8. The van der Waals surface area contributed by atoms with Crippen LogP contribution >= 0.6 is 0 Å². The molecule has 4 saturated heterocycles. The molecule has 4 rings (SSSR count). The summed E-state index contributed by atoms with van der Waals surface area (Å²) in [6, 6.07) is -0.800. The van der Waals surface area contributed by atoms with Gasteiger partial charge in [0.2, 0.25) is 11.8 Å². The Morgan fingerprint density at radius 1 is 1.29 bits per heavy atom. The number of morpholine rings is 1. The summed E-state index contributed by atoms with van der Waals surface area (Å²) in [7, 11) is 0. The highest BCUT2D eigenvalue weighted by Crippen LogP contribution is 2.58. The highest BCUT2D eigenvalue weighted by atomic mass is 16.6. The lowest BCUT2D eigenvalue weighted by Crippen LogP contribution is -2.56. The molecule has 1 spiro atoms. The average molecular weight is 440 g/mol. The summed E-state index contributed by atoms with van der Waals surface area (Å²) in [4.78, 5) is 43.1. The van der Waals surface area contributed by atoms with Gasteiger partial charge in [-0.05, 0) is 26.2 Å². The number of carbonyl (C=O) groups is 3. The Morgan fingerprint density at radius 2 is 2.06 bits per heavy atom. The maximum absolute atomic E-state index is 13.4. The number of hydrogen-bond donors (Lipinski definition) is 2. The third-order valence-electron chi connectivity index (χ3n) is 7.00. The lowest BCUT2D eigenvalue weighted by Gasteiger charge is -2.33. The van der Waals surface area contributed by atoms with Crippen LogP contribution in [0.2, 0.25) is 0 Å². The second-order valence-electron chi connectivity index (χ2n) is 8.66. The summed E-state index contributed by atoms with van der Waals surface area (Å²) < 4.78 is 16.8. The first-order chi connectivity index (χ1) is 15.0. The van der Waals surface area contributed by atoms with Gasteiger partial charge in [0.05, 0.1) is 37.8 Å². The van der Waals surface area contributed by atoms with Crippen LogP contribution in [0.5, 0.6) is 0 Å². The Morgan fingerprint density at radius 3 is 2.77 bits per heavy atom. The highest BCUT2D eigenvalue weighted by Gasteiger charge is 2.74. The first-order valence-corrected chi connectivity index (χ1v) is 11.4. The van der Waals surface area contributed by atoms with E-state index in [9.17, 15) is 19.5 Å². The van der Waals surface area contributed by atoms with Crippen LogP contribution in [0.15, 0.2) is 0 Å². The van der Waals surface area contributed by atoms with E-state index in [2.05, 4.69) is 10.2 Å². The van der Waals surface area contributed by atoms with E-state index < -0.39 is 35.6 Å². The predicted molar refractivity (Wildman–Crippen MR) is 108 cm³/mol. The normalized spacial score (nSPS) is 34.8. The smallest absolute Gasteiger partial charge is 0.312 e. The molecule has 0 aromatic rings. The molecule has 2 amide bonds. The van der Waals surface area contributed by atoms with Gasteiger partial charge in [0.15, 0.2) is 0 Å². The molecule has 5 atom stereocenters. The number of rotatable bonds is 9. The van der Waals surface area contributed by atoms with Crippen molar-refractivity contribution in [2.75, 3.05) is 59.2 Å². The van der Waals surface area contributed by atoms with Crippen LogP contribution in [0.3, 0.4) is 0 Å². The third kappa shape index (κ3) is 3.94. The maximum Gasteiger partial charge on any atom is 0.312 e.